The number of esters is 1. The molecule has 43 heavy (non-hydrogen) atoms. The highest BCUT2D eigenvalue weighted by molar-refractivity contribution is 6.38. The summed E-state index contributed by atoms with van der Waals surface area (Å²) in [7, 11) is 0. The second-order valence-corrected chi connectivity index (χ2v) is 10.3. The van der Waals surface area contributed by atoms with Crippen molar-refractivity contribution in [1.82, 2.24) is 16.0 Å². The van der Waals surface area contributed by atoms with Crippen LogP contribution < -0.4 is 16.0 Å². The Morgan fingerprint density at radius 3 is 2.23 bits per heavy atom. The lowest BCUT2D eigenvalue weighted by atomic mass is 9.84. The Bertz CT molecular complexity index is 1280. The van der Waals surface area contributed by atoms with Crippen LogP contribution in [-0.2, 0) is 40.1 Å². The number of hydrogen-bond donors (Lipinski definition) is 3. The maximum atomic E-state index is 13.6. The van der Waals surface area contributed by atoms with Crippen LogP contribution in [0, 0.1) is 17.8 Å². The van der Waals surface area contributed by atoms with Crippen LogP contribution in [0.1, 0.15) is 56.6 Å². The highest BCUT2D eigenvalue weighted by Crippen LogP contribution is 2.27. The molecule has 2 aromatic rings. The van der Waals surface area contributed by atoms with Crippen LogP contribution in [0.5, 0.6) is 0 Å². The van der Waals surface area contributed by atoms with Gasteiger partial charge in [-0.05, 0) is 37.0 Å². The van der Waals surface area contributed by atoms with E-state index < -0.39 is 48.1 Å². The first kappa shape index (κ1) is 33.0. The van der Waals surface area contributed by atoms with E-state index in [4.69, 9.17) is 9.47 Å². The molecule has 0 saturated heterocycles. The van der Waals surface area contributed by atoms with Crippen LogP contribution in [0.2, 0.25) is 0 Å². The van der Waals surface area contributed by atoms with Gasteiger partial charge in [-0.1, -0.05) is 86.6 Å². The van der Waals surface area contributed by atoms with Gasteiger partial charge in [0.05, 0.1) is 19.8 Å². The summed E-state index contributed by atoms with van der Waals surface area (Å²) < 4.78 is 10.5. The van der Waals surface area contributed by atoms with Crippen molar-refractivity contribution in [1.29, 1.82) is 0 Å². The number of hydrogen-bond acceptors (Lipinski definition) is 7. The van der Waals surface area contributed by atoms with Gasteiger partial charge in [0.25, 0.3) is 11.8 Å². The smallest absolute Gasteiger partial charge is 0.325 e. The van der Waals surface area contributed by atoms with Crippen molar-refractivity contribution < 1.29 is 33.4 Å². The first-order valence-corrected chi connectivity index (χ1v) is 14.6. The molecule has 0 spiro atoms. The van der Waals surface area contributed by atoms with Gasteiger partial charge in [0, 0.05) is 11.5 Å². The molecular weight excluding hydrogens is 550 g/mol. The Kier molecular flexibility index (Phi) is 13.9. The largest absolute Gasteiger partial charge is 0.465 e. The first-order valence-electron chi connectivity index (χ1n) is 14.6. The summed E-state index contributed by atoms with van der Waals surface area (Å²) in [6.07, 6.45) is 5.41. The lowest BCUT2D eigenvalue weighted by molar-refractivity contribution is -0.146. The maximum Gasteiger partial charge on any atom is 0.325 e. The van der Waals surface area contributed by atoms with Crippen molar-refractivity contribution in [3.8, 4) is 11.8 Å². The van der Waals surface area contributed by atoms with Gasteiger partial charge >= 0.3 is 5.97 Å². The molecular formula is C33H39N3O7. The Balaban J connectivity index is 1.73. The average Bonchev–Trinajstić information content (AvgIpc) is 3.03. The van der Waals surface area contributed by atoms with E-state index in [9.17, 15) is 24.0 Å². The molecule has 10 nitrogen and oxygen atoms in total. The molecule has 0 bridgehead atoms. The van der Waals surface area contributed by atoms with Gasteiger partial charge < -0.3 is 25.4 Å². The quantitative estimate of drug-likeness (QED) is 0.175. The molecule has 1 saturated carbocycles. The van der Waals surface area contributed by atoms with E-state index in [1.807, 2.05) is 36.4 Å². The first-order chi connectivity index (χ1) is 20.9. The summed E-state index contributed by atoms with van der Waals surface area (Å²) in [6, 6.07) is 15.9. The summed E-state index contributed by atoms with van der Waals surface area (Å²) in [6.45, 7) is 1.09. The number of ether oxygens (including phenoxy) is 2. The second-order valence-electron chi connectivity index (χ2n) is 10.3. The van der Waals surface area contributed by atoms with E-state index >= 15 is 0 Å². The average molecular weight is 590 g/mol. The molecule has 0 aromatic heterocycles. The lowest BCUT2D eigenvalue weighted by Gasteiger charge is -2.27. The van der Waals surface area contributed by atoms with Gasteiger partial charge in [0.1, 0.15) is 18.6 Å². The number of amides is 3. The molecule has 3 rings (SSSR count). The molecule has 3 N–H and O–H groups in total. The lowest BCUT2D eigenvalue weighted by Crippen LogP contribution is -2.56. The molecule has 0 aliphatic heterocycles. The molecule has 228 valence electrons. The standard InChI is InChI=1S/C33H39N3O7/c1-2-43-30(38)21-34-33(41)31(39)28(23-42-22-26-16-10-5-11-17-26)36-32(40)27(20-25-14-8-4-9-15-25)35-29(37)19-18-24-12-6-3-7-13-24/h3,5-7,10-13,16-17,25,27-28H,2,4,8-9,14-15,20-23H2,1H3,(H,34,41)(H,35,37)(H,36,40)/t27-,28-/m0/s1. The van der Waals surface area contributed by atoms with Crippen LogP contribution in [0.4, 0.5) is 0 Å². The van der Waals surface area contributed by atoms with E-state index in [-0.39, 0.29) is 25.7 Å². The van der Waals surface area contributed by atoms with Crippen LogP contribution >= 0.6 is 0 Å². The number of benzene rings is 2. The highest BCUT2D eigenvalue weighted by Gasteiger charge is 2.32. The molecule has 0 unspecified atom stereocenters. The van der Waals surface area contributed by atoms with E-state index in [2.05, 4.69) is 27.8 Å². The third kappa shape index (κ3) is 12.1. The third-order valence-corrected chi connectivity index (χ3v) is 6.96. The van der Waals surface area contributed by atoms with E-state index in [1.54, 1.807) is 31.2 Å². The zero-order valence-electron chi connectivity index (χ0n) is 24.4. The van der Waals surface area contributed by atoms with Crippen LogP contribution in [0.15, 0.2) is 60.7 Å². The van der Waals surface area contributed by atoms with E-state index in [0.717, 1.165) is 37.7 Å². The predicted octanol–water partition coefficient (Wildman–Crippen LogP) is 2.44. The number of carbonyl (C=O) groups is 5. The number of Topliss-reactive ketones (excluding diaryl/α,β-unsaturated/α-hetero) is 1. The fraction of sp³-hybridized carbons (Fsp3) is 0.424. The summed E-state index contributed by atoms with van der Waals surface area (Å²) in [5, 5.41) is 7.55. The van der Waals surface area contributed by atoms with Crippen molar-refractivity contribution in [3.63, 3.8) is 0 Å². The molecule has 2 aromatic carbocycles. The molecule has 0 heterocycles. The minimum Gasteiger partial charge on any atom is -0.465 e. The number of rotatable bonds is 14. The monoisotopic (exact) mass is 589 g/mol. The van der Waals surface area contributed by atoms with Gasteiger partial charge in [-0.25, -0.2) is 0 Å². The summed E-state index contributed by atoms with van der Waals surface area (Å²) in [4.78, 5) is 63.8. The van der Waals surface area contributed by atoms with Gasteiger partial charge in [-0.15, -0.1) is 0 Å². The Morgan fingerprint density at radius 2 is 1.56 bits per heavy atom. The van der Waals surface area contributed by atoms with Crippen molar-refractivity contribution in [2.75, 3.05) is 19.8 Å². The summed E-state index contributed by atoms with van der Waals surface area (Å²) in [5.41, 5.74) is 1.49. The molecule has 1 fully saturated rings. The summed E-state index contributed by atoms with van der Waals surface area (Å²) >= 11 is 0. The zero-order valence-corrected chi connectivity index (χ0v) is 24.4. The zero-order chi connectivity index (χ0) is 30.9. The normalized spacial score (nSPS) is 14.3. The number of carbonyl (C=O) groups excluding carboxylic acids is 5. The van der Waals surface area contributed by atoms with E-state index in [0.29, 0.717) is 12.0 Å². The molecule has 3 amide bonds. The second kappa shape index (κ2) is 18.1. The topological polar surface area (TPSA) is 140 Å². The van der Waals surface area contributed by atoms with Crippen molar-refractivity contribution in [3.05, 3.63) is 71.8 Å². The van der Waals surface area contributed by atoms with Crippen LogP contribution in [-0.4, -0.2) is 61.3 Å². The number of ketones is 1. The minimum absolute atomic E-state index is 0.123. The molecule has 0 radical (unpaired) electrons. The van der Waals surface area contributed by atoms with Gasteiger partial charge in [-0.3, -0.25) is 24.0 Å². The van der Waals surface area contributed by atoms with Crippen molar-refractivity contribution in [2.45, 2.75) is 64.1 Å². The van der Waals surface area contributed by atoms with Crippen LogP contribution in [0.3, 0.4) is 0 Å². The fourth-order valence-corrected chi connectivity index (χ4v) is 4.77. The fourth-order valence-electron chi connectivity index (χ4n) is 4.77. The predicted molar refractivity (Wildman–Crippen MR) is 159 cm³/mol. The minimum atomic E-state index is -1.36. The molecule has 1 aliphatic rings. The van der Waals surface area contributed by atoms with E-state index in [1.165, 1.54) is 0 Å². The summed E-state index contributed by atoms with van der Waals surface area (Å²) in [5.74, 6) is 1.51. The third-order valence-electron chi connectivity index (χ3n) is 6.96. The van der Waals surface area contributed by atoms with Crippen molar-refractivity contribution in [2.24, 2.45) is 5.92 Å². The van der Waals surface area contributed by atoms with Gasteiger partial charge in [-0.2, -0.15) is 0 Å². The Hall–Kier alpha value is -4.49. The molecule has 2 atom stereocenters. The molecule has 10 heteroatoms. The highest BCUT2D eigenvalue weighted by atomic mass is 16.5. The SMILES string of the molecule is CCOC(=O)CNC(=O)C(=O)[C@H](COCc1ccccc1)NC(=O)[C@H](CC1CCCCC1)NC(=O)C#Cc1ccccc1. The van der Waals surface area contributed by atoms with Gasteiger partial charge in [0.2, 0.25) is 11.7 Å². The molecule has 1 aliphatic carbocycles. The van der Waals surface area contributed by atoms with Crippen molar-refractivity contribution >= 4 is 29.5 Å². The Labute approximate surface area is 252 Å². The van der Waals surface area contributed by atoms with Crippen LogP contribution in [0.25, 0.3) is 0 Å². The maximum absolute atomic E-state index is 13.6. The Morgan fingerprint density at radius 1 is 0.884 bits per heavy atom. The number of nitrogens with one attached hydrogen (secondary N) is 3. The van der Waals surface area contributed by atoms with Gasteiger partial charge in [0.15, 0.2) is 0 Å².